The Morgan fingerprint density at radius 1 is 1.05 bits per heavy atom. The molecule has 21 heavy (non-hydrogen) atoms. The van der Waals surface area contributed by atoms with Gasteiger partial charge in [0, 0.05) is 6.42 Å². The van der Waals surface area contributed by atoms with Gasteiger partial charge in [0.2, 0.25) is 0 Å². The van der Waals surface area contributed by atoms with Crippen LogP contribution in [0.5, 0.6) is 0 Å². The van der Waals surface area contributed by atoms with Crippen molar-refractivity contribution in [2.24, 2.45) is 0 Å². The van der Waals surface area contributed by atoms with Gasteiger partial charge in [-0.05, 0) is 19.3 Å². The molecule has 124 valence electrons. The van der Waals surface area contributed by atoms with Crippen LogP contribution in [-0.4, -0.2) is 29.4 Å². The topological polar surface area (TPSA) is 66.8 Å². The number of ether oxygens (including phenoxy) is 1. The molecule has 1 atom stereocenters. The number of methoxy groups -OCH3 is 1. The van der Waals surface area contributed by atoms with Crippen LogP contribution in [0, 0.1) is 0 Å². The number of hydrogen-bond donors (Lipinski definition) is 2. The van der Waals surface area contributed by atoms with Crippen LogP contribution in [-0.2, 0) is 9.53 Å². The maximum absolute atomic E-state index is 10.9. The molecule has 0 spiro atoms. The number of esters is 1. The number of aliphatic hydroxyl groups excluding tert-OH is 2. The zero-order valence-corrected chi connectivity index (χ0v) is 13.6. The summed E-state index contributed by atoms with van der Waals surface area (Å²) in [5, 5.41) is 18.9. The van der Waals surface area contributed by atoms with Gasteiger partial charge in [-0.3, -0.25) is 0 Å². The smallest absolute Gasteiger partial charge is 0.333 e. The lowest BCUT2D eigenvalue weighted by Gasteiger charge is -2.06. The highest BCUT2D eigenvalue weighted by Gasteiger charge is 2.01. The monoisotopic (exact) mass is 300 g/mol. The standard InChI is InChI=1S/C17H32O4/c1-3-15(18)12-10-8-6-4-5-7-9-11-13-16(19)14-17(20)21-2/h14-15,18-19H,3-13H2,1-2H3. The molecule has 0 amide bonds. The van der Waals surface area contributed by atoms with Gasteiger partial charge < -0.3 is 14.9 Å². The molecule has 4 heteroatoms. The average Bonchev–Trinajstić information content (AvgIpc) is 2.48. The number of unbranched alkanes of at least 4 members (excludes halogenated alkanes) is 7. The molecule has 0 aromatic heterocycles. The molecule has 4 nitrogen and oxygen atoms in total. The average molecular weight is 300 g/mol. The van der Waals surface area contributed by atoms with Crippen LogP contribution in [0.2, 0.25) is 0 Å². The Morgan fingerprint density at radius 2 is 1.57 bits per heavy atom. The van der Waals surface area contributed by atoms with Gasteiger partial charge in [0.25, 0.3) is 0 Å². The molecule has 0 bridgehead atoms. The van der Waals surface area contributed by atoms with Crippen LogP contribution in [0.1, 0.15) is 77.6 Å². The van der Waals surface area contributed by atoms with Gasteiger partial charge in [-0.2, -0.15) is 0 Å². The number of carbonyl (C=O) groups is 1. The fourth-order valence-electron chi connectivity index (χ4n) is 2.22. The van der Waals surface area contributed by atoms with Crippen LogP contribution in [0.4, 0.5) is 0 Å². The quantitative estimate of drug-likeness (QED) is 0.231. The van der Waals surface area contributed by atoms with E-state index in [-0.39, 0.29) is 11.9 Å². The minimum absolute atomic E-state index is 0.108. The van der Waals surface area contributed by atoms with Gasteiger partial charge in [-0.15, -0.1) is 0 Å². The van der Waals surface area contributed by atoms with E-state index in [1.807, 2.05) is 6.92 Å². The first-order chi connectivity index (χ1) is 10.1. The fourth-order valence-corrected chi connectivity index (χ4v) is 2.22. The van der Waals surface area contributed by atoms with Crippen LogP contribution in [0.3, 0.4) is 0 Å². The van der Waals surface area contributed by atoms with Gasteiger partial charge in [0.1, 0.15) is 0 Å². The molecule has 0 aliphatic heterocycles. The van der Waals surface area contributed by atoms with E-state index in [2.05, 4.69) is 4.74 Å². The van der Waals surface area contributed by atoms with Crippen molar-refractivity contribution in [2.45, 2.75) is 83.7 Å². The summed E-state index contributed by atoms with van der Waals surface area (Å²) in [5.74, 6) is -0.392. The summed E-state index contributed by atoms with van der Waals surface area (Å²) in [6.07, 6.45) is 12.6. The van der Waals surface area contributed by atoms with E-state index in [1.54, 1.807) is 0 Å². The third-order valence-corrected chi connectivity index (χ3v) is 3.68. The third kappa shape index (κ3) is 13.7. The van der Waals surface area contributed by atoms with Crippen LogP contribution < -0.4 is 0 Å². The predicted molar refractivity (Wildman–Crippen MR) is 85.2 cm³/mol. The van der Waals surface area contributed by atoms with Crippen molar-refractivity contribution < 1.29 is 19.7 Å². The summed E-state index contributed by atoms with van der Waals surface area (Å²) < 4.78 is 4.44. The van der Waals surface area contributed by atoms with Gasteiger partial charge in [0.05, 0.1) is 25.0 Å². The molecule has 2 N–H and O–H groups in total. The molecule has 0 radical (unpaired) electrons. The van der Waals surface area contributed by atoms with E-state index < -0.39 is 5.97 Å². The van der Waals surface area contributed by atoms with Gasteiger partial charge >= 0.3 is 5.97 Å². The summed E-state index contributed by atoms with van der Waals surface area (Å²) in [7, 11) is 1.30. The first kappa shape index (κ1) is 20.0. The molecular weight excluding hydrogens is 268 g/mol. The van der Waals surface area contributed by atoms with Crippen LogP contribution in [0.15, 0.2) is 11.8 Å². The van der Waals surface area contributed by atoms with Crippen molar-refractivity contribution >= 4 is 5.97 Å². The summed E-state index contributed by atoms with van der Waals surface area (Å²) in [5.41, 5.74) is 0. The zero-order chi connectivity index (χ0) is 15.9. The van der Waals surface area contributed by atoms with Gasteiger partial charge in [0.15, 0.2) is 0 Å². The molecule has 0 fully saturated rings. The number of rotatable bonds is 13. The summed E-state index contributed by atoms with van der Waals surface area (Å²) in [4.78, 5) is 10.9. The Morgan fingerprint density at radius 3 is 2.10 bits per heavy atom. The Bertz CT molecular complexity index is 287. The first-order valence-corrected chi connectivity index (χ1v) is 8.25. The highest BCUT2D eigenvalue weighted by molar-refractivity contribution is 5.82. The van der Waals surface area contributed by atoms with E-state index in [9.17, 15) is 15.0 Å². The Kier molecular flexibility index (Phi) is 13.2. The highest BCUT2D eigenvalue weighted by Crippen LogP contribution is 2.13. The van der Waals surface area contributed by atoms with E-state index >= 15 is 0 Å². The fraction of sp³-hybridized carbons (Fsp3) is 0.824. The SMILES string of the molecule is CCC(O)CCCCCCCCCCC(O)=CC(=O)OC. The Hall–Kier alpha value is -1.03. The zero-order valence-electron chi connectivity index (χ0n) is 13.6. The van der Waals surface area contributed by atoms with Crippen molar-refractivity contribution in [3.8, 4) is 0 Å². The van der Waals surface area contributed by atoms with Crippen molar-refractivity contribution in [2.75, 3.05) is 7.11 Å². The first-order valence-electron chi connectivity index (χ1n) is 8.25. The van der Waals surface area contributed by atoms with Crippen molar-refractivity contribution in [3.05, 3.63) is 11.8 Å². The minimum atomic E-state index is -0.499. The predicted octanol–water partition coefficient (Wildman–Crippen LogP) is 4.27. The summed E-state index contributed by atoms with van der Waals surface area (Å²) >= 11 is 0. The molecule has 1 unspecified atom stereocenters. The normalized spacial score (nSPS) is 13.2. The molecule has 0 heterocycles. The number of aliphatic hydroxyl groups is 2. The van der Waals surface area contributed by atoms with Crippen molar-refractivity contribution in [1.29, 1.82) is 0 Å². The summed E-state index contributed by atoms with van der Waals surface area (Å²) in [6, 6.07) is 0. The lowest BCUT2D eigenvalue weighted by molar-refractivity contribution is -0.135. The van der Waals surface area contributed by atoms with Gasteiger partial charge in [-0.1, -0.05) is 51.9 Å². The largest absolute Gasteiger partial charge is 0.512 e. The van der Waals surface area contributed by atoms with Gasteiger partial charge in [-0.25, -0.2) is 4.79 Å². The second kappa shape index (κ2) is 13.9. The summed E-state index contributed by atoms with van der Waals surface area (Å²) in [6.45, 7) is 2.02. The van der Waals surface area contributed by atoms with E-state index in [1.165, 1.54) is 39.2 Å². The second-order valence-corrected chi connectivity index (χ2v) is 5.59. The van der Waals surface area contributed by atoms with Crippen LogP contribution in [0.25, 0.3) is 0 Å². The lowest BCUT2D eigenvalue weighted by atomic mass is 10.0. The molecule has 0 aromatic carbocycles. The molecule has 0 rings (SSSR count). The molecule has 0 aliphatic rings. The van der Waals surface area contributed by atoms with E-state index in [0.29, 0.717) is 6.42 Å². The maximum Gasteiger partial charge on any atom is 0.333 e. The lowest BCUT2D eigenvalue weighted by Crippen LogP contribution is -2.03. The van der Waals surface area contributed by atoms with Crippen molar-refractivity contribution in [3.63, 3.8) is 0 Å². The number of hydrogen-bond acceptors (Lipinski definition) is 4. The van der Waals surface area contributed by atoms with E-state index in [4.69, 9.17) is 0 Å². The number of allylic oxidation sites excluding steroid dienone is 1. The Balaban J connectivity index is 3.30. The molecule has 0 saturated heterocycles. The Labute approximate surface area is 129 Å². The third-order valence-electron chi connectivity index (χ3n) is 3.68. The maximum atomic E-state index is 10.9. The highest BCUT2D eigenvalue weighted by atomic mass is 16.5. The second-order valence-electron chi connectivity index (χ2n) is 5.59. The molecule has 0 saturated carbocycles. The molecule has 0 aromatic rings. The van der Waals surface area contributed by atoms with E-state index in [0.717, 1.165) is 38.2 Å². The van der Waals surface area contributed by atoms with Crippen molar-refractivity contribution in [1.82, 2.24) is 0 Å². The molecular formula is C17H32O4. The number of carbonyl (C=O) groups excluding carboxylic acids is 1. The van der Waals surface area contributed by atoms with Crippen LogP contribution >= 0.6 is 0 Å². The minimum Gasteiger partial charge on any atom is -0.512 e. The molecule has 0 aliphatic carbocycles.